The maximum atomic E-state index is 9.12. The van der Waals surface area contributed by atoms with Gasteiger partial charge in [-0.15, -0.1) is 0 Å². The average Bonchev–Trinajstić information content (AvgIpc) is 1.86. The predicted molar refractivity (Wildman–Crippen MR) is 44.3 cm³/mol. The van der Waals surface area contributed by atoms with E-state index in [9.17, 15) is 0 Å². The van der Waals surface area contributed by atoms with E-state index in [1.54, 1.807) is 0 Å². The number of rotatable bonds is 4. The van der Waals surface area contributed by atoms with Crippen molar-refractivity contribution in [3.63, 3.8) is 0 Å². The summed E-state index contributed by atoms with van der Waals surface area (Å²) in [6, 6.07) is 0. The molecule has 8 heteroatoms. The van der Waals surface area contributed by atoms with E-state index in [0.29, 0.717) is 0 Å². The minimum atomic E-state index is -4.15. The Labute approximate surface area is 66.0 Å². The van der Waals surface area contributed by atoms with E-state index in [4.69, 9.17) is 14.7 Å². The van der Waals surface area contributed by atoms with Crippen molar-refractivity contribution in [2.45, 2.75) is 0 Å². The molecule has 0 unspecified atom stereocenters. The third-order valence-corrected chi connectivity index (χ3v) is 4.83. The van der Waals surface area contributed by atoms with Gasteiger partial charge in [-0.3, -0.25) is 0 Å². The Hall–Kier alpha value is 0.620. The molecule has 0 aromatic heterocycles. The van der Waals surface area contributed by atoms with Gasteiger partial charge in [0.2, 0.25) is 0 Å². The van der Waals surface area contributed by atoms with Crippen LogP contribution in [0.5, 0.6) is 0 Å². The topological polar surface area (TPSA) is 88.4 Å². The molecule has 0 spiro atoms. The number of hydrogen-bond acceptors (Lipinski definition) is 6. The molecule has 0 radical (unpaired) electrons. The molecular weight excluding hydrogens is 194 g/mol. The molecule has 0 saturated heterocycles. The van der Waals surface area contributed by atoms with Crippen LogP contribution in [-0.4, -0.2) is 35.6 Å². The summed E-state index contributed by atoms with van der Waals surface area (Å²) in [5, 5.41) is 0. The molecule has 0 amide bonds. The van der Waals surface area contributed by atoms with Crippen LogP contribution in [-0.2, 0) is 13.4 Å². The molecular formula is C3H14O6P2. The van der Waals surface area contributed by atoms with Crippen LogP contribution in [0.4, 0.5) is 0 Å². The van der Waals surface area contributed by atoms with Gasteiger partial charge in [-0.2, -0.15) is 0 Å². The second-order valence-corrected chi connectivity index (χ2v) is 6.48. The fourth-order valence-corrected chi connectivity index (χ4v) is 2.97. The van der Waals surface area contributed by atoms with E-state index in [1.807, 2.05) is 0 Å². The molecule has 0 saturated carbocycles. The van der Waals surface area contributed by atoms with E-state index >= 15 is 0 Å². The maximum absolute atomic E-state index is 9.12. The van der Waals surface area contributed by atoms with E-state index < -0.39 is 16.1 Å². The van der Waals surface area contributed by atoms with E-state index in [0.717, 1.165) is 7.11 Å². The van der Waals surface area contributed by atoms with Gasteiger partial charge in [0.15, 0.2) is 0 Å². The van der Waals surface area contributed by atoms with Gasteiger partial charge in [-0.25, -0.2) is 0 Å². The molecule has 0 aromatic rings. The van der Waals surface area contributed by atoms with Gasteiger partial charge in [-0.05, 0) is 0 Å². The van der Waals surface area contributed by atoms with Crippen molar-refractivity contribution in [3.8, 4) is 0 Å². The Bertz CT molecular complexity index is 111. The van der Waals surface area contributed by atoms with Gasteiger partial charge in [-0.1, -0.05) is 0 Å². The van der Waals surface area contributed by atoms with Crippen molar-refractivity contribution in [3.05, 3.63) is 0 Å². The Morgan fingerprint density at radius 3 is 1.73 bits per heavy atom. The second kappa shape index (κ2) is 4.03. The summed E-state index contributed by atoms with van der Waals surface area (Å²) in [4.78, 5) is 26.8. The molecule has 0 atom stereocenters. The first-order valence-electron chi connectivity index (χ1n) is 2.80. The Morgan fingerprint density at radius 1 is 1.00 bits per heavy atom. The molecule has 3 N–H and O–H groups in total. The van der Waals surface area contributed by atoms with Gasteiger partial charge in [0.25, 0.3) is 0 Å². The van der Waals surface area contributed by atoms with Crippen molar-refractivity contribution < 1.29 is 28.0 Å². The molecule has 0 aliphatic carbocycles. The molecule has 0 heterocycles. The van der Waals surface area contributed by atoms with Crippen molar-refractivity contribution in [2.24, 2.45) is 0 Å². The molecule has 0 aromatic carbocycles. The van der Waals surface area contributed by atoms with Crippen LogP contribution in [0.15, 0.2) is 0 Å². The van der Waals surface area contributed by atoms with Crippen LogP contribution in [0.3, 0.4) is 0 Å². The standard InChI is InChI=1S/C3H14O6P2/c1-7-10(3,4)9-11(5,6)8-2/h4-6,10-11H,1-3H3. The first-order valence-corrected chi connectivity index (χ1v) is 6.78. The fraction of sp³-hybridized carbons (Fsp3) is 1.00. The fourth-order valence-electron chi connectivity index (χ4n) is 0.330. The zero-order valence-electron chi connectivity index (χ0n) is 6.57. The summed E-state index contributed by atoms with van der Waals surface area (Å²) >= 11 is 0. The summed E-state index contributed by atoms with van der Waals surface area (Å²) in [7, 11) is -5.25. The van der Waals surface area contributed by atoms with Crippen molar-refractivity contribution >= 4 is 16.1 Å². The van der Waals surface area contributed by atoms with Gasteiger partial charge >= 0.3 is 65.0 Å². The Morgan fingerprint density at radius 2 is 1.45 bits per heavy atom. The SMILES string of the molecule is CO[PH](C)(O)O[PH](O)(O)OC. The van der Waals surface area contributed by atoms with Crippen molar-refractivity contribution in [2.75, 3.05) is 20.9 Å². The second-order valence-electron chi connectivity index (χ2n) is 1.96. The quantitative estimate of drug-likeness (QED) is 0.555. The third kappa shape index (κ3) is 4.95. The van der Waals surface area contributed by atoms with Gasteiger partial charge < -0.3 is 0 Å². The molecule has 0 aliphatic rings. The molecule has 72 valence electrons. The number of hydrogen-bond donors (Lipinski definition) is 3. The van der Waals surface area contributed by atoms with Gasteiger partial charge in [0.1, 0.15) is 0 Å². The molecule has 6 nitrogen and oxygen atoms in total. The minimum absolute atomic E-state index is 1.08. The summed E-state index contributed by atoms with van der Waals surface area (Å²) in [5.41, 5.74) is 0. The summed E-state index contributed by atoms with van der Waals surface area (Å²) in [5.74, 6) is 0. The Kier molecular flexibility index (Phi) is 4.26. The normalized spacial score (nSPS) is 16.5. The first kappa shape index (κ1) is 11.6. The predicted octanol–water partition coefficient (Wildman–Crippen LogP) is -0.193. The third-order valence-electron chi connectivity index (χ3n) is 0.967. The summed E-state index contributed by atoms with van der Waals surface area (Å²) < 4.78 is 13.1. The summed E-state index contributed by atoms with van der Waals surface area (Å²) in [6.07, 6.45) is 0. The molecule has 0 rings (SSSR count). The summed E-state index contributed by atoms with van der Waals surface area (Å²) in [6.45, 7) is 1.25. The average molecular weight is 208 g/mol. The van der Waals surface area contributed by atoms with Crippen LogP contribution in [0.2, 0.25) is 0 Å². The van der Waals surface area contributed by atoms with Gasteiger partial charge in [0, 0.05) is 0 Å². The molecule has 0 aliphatic heterocycles. The van der Waals surface area contributed by atoms with Crippen LogP contribution >= 0.6 is 16.1 Å². The van der Waals surface area contributed by atoms with E-state index in [1.165, 1.54) is 13.8 Å². The van der Waals surface area contributed by atoms with Crippen molar-refractivity contribution in [1.82, 2.24) is 0 Å². The van der Waals surface area contributed by atoms with E-state index in [-0.39, 0.29) is 0 Å². The zero-order chi connectivity index (χ0) is 9.12. The van der Waals surface area contributed by atoms with Crippen LogP contribution < -0.4 is 0 Å². The van der Waals surface area contributed by atoms with Gasteiger partial charge in [0.05, 0.1) is 0 Å². The molecule has 11 heavy (non-hydrogen) atoms. The van der Waals surface area contributed by atoms with Crippen molar-refractivity contribution in [1.29, 1.82) is 0 Å². The van der Waals surface area contributed by atoms with Crippen LogP contribution in [0.1, 0.15) is 0 Å². The Balaban J connectivity index is 4.02. The first-order chi connectivity index (χ1) is 4.83. The monoisotopic (exact) mass is 208 g/mol. The molecule has 0 fully saturated rings. The molecule has 0 bridgehead atoms. The zero-order valence-corrected chi connectivity index (χ0v) is 8.57. The van der Waals surface area contributed by atoms with E-state index in [2.05, 4.69) is 13.4 Å². The van der Waals surface area contributed by atoms with Crippen LogP contribution in [0, 0.1) is 0 Å². The van der Waals surface area contributed by atoms with Crippen LogP contribution in [0.25, 0.3) is 0 Å².